The van der Waals surface area contributed by atoms with E-state index in [-0.39, 0.29) is 6.04 Å². The van der Waals surface area contributed by atoms with Crippen molar-refractivity contribution in [1.82, 2.24) is 10.6 Å². The predicted molar refractivity (Wildman–Crippen MR) is 68.3 cm³/mol. The van der Waals surface area contributed by atoms with E-state index < -0.39 is 0 Å². The molecule has 0 bridgehead atoms. The SMILES string of the molecule is c1coc(C(NC2CCNCC2)c2ccco2)c1. The standard InChI is InChI=1S/C14H18N2O2/c1-3-12(17-9-1)14(13-4-2-10-18-13)16-11-5-7-15-8-6-11/h1-4,9-11,14-16H,5-8H2. The smallest absolute Gasteiger partial charge is 0.128 e. The van der Waals surface area contributed by atoms with Crippen molar-refractivity contribution in [2.45, 2.75) is 24.9 Å². The zero-order chi connectivity index (χ0) is 12.2. The molecule has 0 aromatic carbocycles. The van der Waals surface area contributed by atoms with E-state index >= 15 is 0 Å². The molecule has 2 aromatic heterocycles. The summed E-state index contributed by atoms with van der Waals surface area (Å²) in [5, 5.41) is 7.00. The molecular weight excluding hydrogens is 228 g/mol. The molecular formula is C14H18N2O2. The monoisotopic (exact) mass is 246 g/mol. The normalized spacial score (nSPS) is 17.4. The lowest BCUT2D eigenvalue weighted by Crippen LogP contribution is -2.41. The van der Waals surface area contributed by atoms with Crippen LogP contribution in [0, 0.1) is 0 Å². The highest BCUT2D eigenvalue weighted by Gasteiger charge is 2.24. The van der Waals surface area contributed by atoms with E-state index in [1.54, 1.807) is 12.5 Å². The number of hydrogen-bond acceptors (Lipinski definition) is 4. The molecule has 96 valence electrons. The lowest BCUT2D eigenvalue weighted by Gasteiger charge is -2.27. The summed E-state index contributed by atoms with van der Waals surface area (Å²) in [6.45, 7) is 2.14. The van der Waals surface area contributed by atoms with Crippen molar-refractivity contribution >= 4 is 0 Å². The molecule has 0 aliphatic carbocycles. The third-order valence-corrected chi connectivity index (χ3v) is 3.40. The van der Waals surface area contributed by atoms with Gasteiger partial charge in [0.1, 0.15) is 17.6 Å². The summed E-state index contributed by atoms with van der Waals surface area (Å²) in [6, 6.07) is 8.32. The zero-order valence-corrected chi connectivity index (χ0v) is 10.3. The average molecular weight is 246 g/mol. The predicted octanol–water partition coefficient (Wildman–Crippen LogP) is 2.30. The van der Waals surface area contributed by atoms with Crippen LogP contribution in [-0.4, -0.2) is 19.1 Å². The number of rotatable bonds is 4. The molecule has 3 rings (SSSR count). The molecule has 2 N–H and O–H groups in total. The van der Waals surface area contributed by atoms with Gasteiger partial charge in [-0.3, -0.25) is 5.32 Å². The fourth-order valence-corrected chi connectivity index (χ4v) is 2.44. The molecule has 0 amide bonds. The van der Waals surface area contributed by atoms with Crippen LogP contribution in [0.1, 0.15) is 30.4 Å². The number of hydrogen-bond donors (Lipinski definition) is 2. The van der Waals surface area contributed by atoms with Crippen molar-refractivity contribution < 1.29 is 8.83 Å². The largest absolute Gasteiger partial charge is 0.467 e. The summed E-state index contributed by atoms with van der Waals surface area (Å²) in [7, 11) is 0. The Hall–Kier alpha value is -1.52. The average Bonchev–Trinajstić information content (AvgIpc) is 3.11. The molecule has 3 heterocycles. The zero-order valence-electron chi connectivity index (χ0n) is 10.3. The Labute approximate surface area is 106 Å². The van der Waals surface area contributed by atoms with Gasteiger partial charge in [-0.2, -0.15) is 0 Å². The molecule has 4 nitrogen and oxygen atoms in total. The minimum atomic E-state index is 0.0121. The Bertz CT molecular complexity index is 410. The lowest BCUT2D eigenvalue weighted by atomic mass is 10.0. The molecule has 0 saturated carbocycles. The van der Waals surface area contributed by atoms with E-state index in [9.17, 15) is 0 Å². The Kier molecular flexibility index (Phi) is 3.48. The second-order valence-corrected chi connectivity index (χ2v) is 4.65. The highest BCUT2D eigenvalue weighted by molar-refractivity contribution is 5.18. The van der Waals surface area contributed by atoms with Gasteiger partial charge in [0.25, 0.3) is 0 Å². The fourth-order valence-electron chi connectivity index (χ4n) is 2.44. The van der Waals surface area contributed by atoms with Crippen LogP contribution in [0.15, 0.2) is 45.6 Å². The quantitative estimate of drug-likeness (QED) is 0.869. The number of furan rings is 2. The van der Waals surface area contributed by atoms with Crippen LogP contribution >= 0.6 is 0 Å². The van der Waals surface area contributed by atoms with Gasteiger partial charge in [-0.1, -0.05) is 0 Å². The fraction of sp³-hybridized carbons (Fsp3) is 0.429. The summed E-state index contributed by atoms with van der Waals surface area (Å²) in [5.74, 6) is 1.81. The van der Waals surface area contributed by atoms with Crippen LogP contribution in [0.3, 0.4) is 0 Å². The lowest BCUT2D eigenvalue weighted by molar-refractivity contribution is 0.317. The Balaban J connectivity index is 1.77. The summed E-state index contributed by atoms with van der Waals surface area (Å²) in [4.78, 5) is 0. The van der Waals surface area contributed by atoms with E-state index in [1.807, 2.05) is 24.3 Å². The summed E-state index contributed by atoms with van der Waals surface area (Å²) in [5.41, 5.74) is 0. The van der Waals surface area contributed by atoms with E-state index in [1.165, 1.54) is 0 Å². The maximum Gasteiger partial charge on any atom is 0.128 e. The van der Waals surface area contributed by atoms with Crippen molar-refractivity contribution in [3.05, 3.63) is 48.3 Å². The molecule has 0 radical (unpaired) electrons. The van der Waals surface area contributed by atoms with Crippen LogP contribution in [0.5, 0.6) is 0 Å². The number of piperidine rings is 1. The van der Waals surface area contributed by atoms with Gasteiger partial charge < -0.3 is 14.2 Å². The highest BCUT2D eigenvalue weighted by Crippen LogP contribution is 2.24. The van der Waals surface area contributed by atoms with Crippen LogP contribution < -0.4 is 10.6 Å². The van der Waals surface area contributed by atoms with E-state index in [2.05, 4.69) is 10.6 Å². The third-order valence-electron chi connectivity index (χ3n) is 3.40. The van der Waals surface area contributed by atoms with E-state index in [0.29, 0.717) is 6.04 Å². The van der Waals surface area contributed by atoms with Gasteiger partial charge in [-0.15, -0.1) is 0 Å². The van der Waals surface area contributed by atoms with Crippen molar-refractivity contribution in [2.24, 2.45) is 0 Å². The van der Waals surface area contributed by atoms with Gasteiger partial charge in [0.05, 0.1) is 12.5 Å². The minimum absolute atomic E-state index is 0.0121. The van der Waals surface area contributed by atoms with Crippen LogP contribution in [0.4, 0.5) is 0 Å². The van der Waals surface area contributed by atoms with E-state index in [0.717, 1.165) is 37.5 Å². The van der Waals surface area contributed by atoms with Crippen LogP contribution in [0.2, 0.25) is 0 Å². The van der Waals surface area contributed by atoms with Gasteiger partial charge >= 0.3 is 0 Å². The maximum atomic E-state index is 5.52. The first-order chi connectivity index (χ1) is 8.93. The molecule has 0 spiro atoms. The van der Waals surface area contributed by atoms with Gasteiger partial charge in [0, 0.05) is 6.04 Å². The van der Waals surface area contributed by atoms with Gasteiger partial charge in [0.15, 0.2) is 0 Å². The van der Waals surface area contributed by atoms with Gasteiger partial charge in [-0.05, 0) is 50.2 Å². The minimum Gasteiger partial charge on any atom is -0.467 e. The van der Waals surface area contributed by atoms with E-state index in [4.69, 9.17) is 8.83 Å². The van der Waals surface area contributed by atoms with Crippen molar-refractivity contribution in [1.29, 1.82) is 0 Å². The van der Waals surface area contributed by atoms with Crippen molar-refractivity contribution in [3.8, 4) is 0 Å². The second-order valence-electron chi connectivity index (χ2n) is 4.65. The molecule has 1 saturated heterocycles. The van der Waals surface area contributed by atoms with Gasteiger partial charge in [-0.25, -0.2) is 0 Å². The molecule has 0 unspecified atom stereocenters. The molecule has 1 aliphatic heterocycles. The molecule has 1 aliphatic rings. The first-order valence-electron chi connectivity index (χ1n) is 6.47. The van der Waals surface area contributed by atoms with Crippen molar-refractivity contribution in [3.63, 3.8) is 0 Å². The third kappa shape index (κ3) is 2.49. The summed E-state index contributed by atoms with van der Waals surface area (Å²) < 4.78 is 11.0. The molecule has 0 atom stereocenters. The Morgan fingerprint density at radius 1 is 1.06 bits per heavy atom. The Morgan fingerprint density at radius 2 is 1.67 bits per heavy atom. The maximum absolute atomic E-state index is 5.52. The first-order valence-corrected chi connectivity index (χ1v) is 6.47. The highest BCUT2D eigenvalue weighted by atomic mass is 16.3. The van der Waals surface area contributed by atoms with Gasteiger partial charge in [0.2, 0.25) is 0 Å². The molecule has 18 heavy (non-hydrogen) atoms. The first kappa shape index (κ1) is 11.6. The van der Waals surface area contributed by atoms with Crippen molar-refractivity contribution in [2.75, 3.05) is 13.1 Å². The molecule has 2 aromatic rings. The Morgan fingerprint density at radius 3 is 2.17 bits per heavy atom. The summed E-state index contributed by atoms with van der Waals surface area (Å²) >= 11 is 0. The topological polar surface area (TPSA) is 50.3 Å². The second kappa shape index (κ2) is 5.42. The van der Waals surface area contributed by atoms with Crippen LogP contribution in [-0.2, 0) is 0 Å². The van der Waals surface area contributed by atoms with Crippen LogP contribution in [0.25, 0.3) is 0 Å². The molecule has 1 fully saturated rings. The summed E-state index contributed by atoms with van der Waals surface area (Å²) in [6.07, 6.45) is 5.68. The molecule has 4 heteroatoms. The number of nitrogens with one attached hydrogen (secondary N) is 2.